The van der Waals surface area contributed by atoms with Crippen LogP contribution in [-0.4, -0.2) is 60.9 Å². The molecule has 1 fully saturated rings. The molecular formula is C23H29ClN4O2. The lowest BCUT2D eigenvalue weighted by molar-refractivity contribution is -0.123. The monoisotopic (exact) mass is 428 g/mol. The number of carbonyl (C=O) groups is 2. The fourth-order valence-electron chi connectivity index (χ4n) is 3.54. The number of piperazine rings is 1. The van der Waals surface area contributed by atoms with Crippen LogP contribution in [0.4, 0.5) is 5.69 Å². The Hall–Kier alpha value is -2.41. The van der Waals surface area contributed by atoms with E-state index in [0.29, 0.717) is 24.7 Å². The Morgan fingerprint density at radius 3 is 2.07 bits per heavy atom. The van der Waals surface area contributed by atoms with Gasteiger partial charge in [-0.25, -0.2) is 0 Å². The largest absolute Gasteiger partial charge is 0.351 e. The number of aryl methyl sites for hydroxylation is 1. The lowest BCUT2D eigenvalue weighted by atomic mass is 10.1. The zero-order chi connectivity index (χ0) is 21.3. The number of nitrogens with one attached hydrogen (secondary N) is 2. The number of para-hydroxylation sites is 1. The Bertz CT molecular complexity index is 866. The molecule has 160 valence electrons. The number of rotatable bonds is 8. The van der Waals surface area contributed by atoms with Crippen LogP contribution in [0.2, 0.25) is 5.02 Å². The highest BCUT2D eigenvalue weighted by Gasteiger charge is 2.21. The van der Waals surface area contributed by atoms with Gasteiger partial charge in [0, 0.05) is 43.4 Å². The average Bonchev–Trinajstić information content (AvgIpc) is 2.75. The van der Waals surface area contributed by atoms with Crippen LogP contribution in [0.5, 0.6) is 0 Å². The van der Waals surface area contributed by atoms with Crippen LogP contribution in [0.3, 0.4) is 0 Å². The van der Waals surface area contributed by atoms with Crippen molar-refractivity contribution >= 4 is 29.1 Å². The summed E-state index contributed by atoms with van der Waals surface area (Å²) in [6.45, 7) is 6.28. The van der Waals surface area contributed by atoms with Gasteiger partial charge in [-0.15, -0.1) is 0 Å². The van der Waals surface area contributed by atoms with Crippen molar-refractivity contribution in [2.45, 2.75) is 19.9 Å². The molecule has 0 radical (unpaired) electrons. The Kier molecular flexibility index (Phi) is 8.25. The third-order valence-corrected chi connectivity index (χ3v) is 5.67. The molecule has 1 heterocycles. The Labute approximate surface area is 183 Å². The number of hydrogen-bond acceptors (Lipinski definition) is 4. The molecule has 2 aromatic carbocycles. The van der Waals surface area contributed by atoms with E-state index in [2.05, 4.69) is 27.4 Å². The van der Waals surface area contributed by atoms with Crippen molar-refractivity contribution in [3.63, 3.8) is 0 Å². The summed E-state index contributed by atoms with van der Waals surface area (Å²) in [7, 11) is 0. The van der Waals surface area contributed by atoms with E-state index < -0.39 is 0 Å². The van der Waals surface area contributed by atoms with Crippen LogP contribution in [-0.2, 0) is 22.6 Å². The van der Waals surface area contributed by atoms with Crippen molar-refractivity contribution in [1.29, 1.82) is 0 Å². The maximum atomic E-state index is 12.4. The van der Waals surface area contributed by atoms with Crippen molar-refractivity contribution < 1.29 is 9.59 Å². The number of carbonyl (C=O) groups excluding carboxylic acids is 2. The fourth-order valence-corrected chi connectivity index (χ4v) is 3.75. The molecule has 30 heavy (non-hydrogen) atoms. The fraction of sp³-hybridized carbons (Fsp3) is 0.391. The van der Waals surface area contributed by atoms with E-state index in [-0.39, 0.29) is 11.8 Å². The van der Waals surface area contributed by atoms with Gasteiger partial charge in [0.15, 0.2) is 0 Å². The zero-order valence-corrected chi connectivity index (χ0v) is 18.1. The highest BCUT2D eigenvalue weighted by Crippen LogP contribution is 2.16. The SMILES string of the molecule is CCc1ccccc1NC(=O)CN1CCN(CC(=O)NCc2ccccc2Cl)CC1. The molecule has 1 aliphatic heterocycles. The second-order valence-corrected chi connectivity index (χ2v) is 7.89. The van der Waals surface area contributed by atoms with Crippen molar-refractivity contribution in [2.75, 3.05) is 44.6 Å². The molecule has 2 amide bonds. The van der Waals surface area contributed by atoms with E-state index in [0.717, 1.165) is 49.4 Å². The van der Waals surface area contributed by atoms with Gasteiger partial charge < -0.3 is 10.6 Å². The maximum absolute atomic E-state index is 12.4. The van der Waals surface area contributed by atoms with Crippen LogP contribution >= 0.6 is 11.6 Å². The van der Waals surface area contributed by atoms with Gasteiger partial charge in [-0.05, 0) is 29.7 Å². The quantitative estimate of drug-likeness (QED) is 0.678. The van der Waals surface area contributed by atoms with Crippen molar-refractivity contribution in [3.05, 3.63) is 64.7 Å². The summed E-state index contributed by atoms with van der Waals surface area (Å²) in [4.78, 5) is 28.9. The smallest absolute Gasteiger partial charge is 0.238 e. The Morgan fingerprint density at radius 1 is 0.867 bits per heavy atom. The van der Waals surface area contributed by atoms with E-state index in [1.165, 1.54) is 0 Å². The zero-order valence-electron chi connectivity index (χ0n) is 17.4. The third kappa shape index (κ3) is 6.55. The summed E-state index contributed by atoms with van der Waals surface area (Å²) in [5.41, 5.74) is 2.94. The van der Waals surface area contributed by atoms with Crippen LogP contribution in [0.15, 0.2) is 48.5 Å². The topological polar surface area (TPSA) is 64.7 Å². The summed E-state index contributed by atoms with van der Waals surface area (Å²) in [6, 6.07) is 15.4. The first kappa shape index (κ1) is 22.3. The van der Waals surface area contributed by atoms with E-state index in [9.17, 15) is 9.59 Å². The number of nitrogens with zero attached hydrogens (tertiary/aromatic N) is 2. The Morgan fingerprint density at radius 2 is 1.43 bits per heavy atom. The van der Waals surface area contributed by atoms with Crippen LogP contribution < -0.4 is 10.6 Å². The molecule has 0 saturated carbocycles. The number of hydrogen-bond donors (Lipinski definition) is 2. The summed E-state index contributed by atoms with van der Waals surface area (Å²) < 4.78 is 0. The molecule has 1 saturated heterocycles. The molecule has 0 atom stereocenters. The number of amides is 2. The van der Waals surface area contributed by atoms with Crippen LogP contribution in [0.25, 0.3) is 0 Å². The van der Waals surface area contributed by atoms with E-state index in [1.54, 1.807) is 0 Å². The molecule has 0 aromatic heterocycles. The lowest BCUT2D eigenvalue weighted by Gasteiger charge is -2.33. The first-order chi connectivity index (χ1) is 14.5. The molecule has 2 N–H and O–H groups in total. The Balaban J connectivity index is 1.37. The van der Waals surface area contributed by atoms with E-state index >= 15 is 0 Å². The van der Waals surface area contributed by atoms with Gasteiger partial charge in [0.25, 0.3) is 0 Å². The van der Waals surface area contributed by atoms with Crippen LogP contribution in [0.1, 0.15) is 18.1 Å². The summed E-state index contributed by atoms with van der Waals surface area (Å²) >= 11 is 6.13. The maximum Gasteiger partial charge on any atom is 0.238 e. The molecule has 3 rings (SSSR count). The molecular weight excluding hydrogens is 400 g/mol. The van der Waals surface area contributed by atoms with E-state index in [4.69, 9.17) is 11.6 Å². The van der Waals surface area contributed by atoms with E-state index in [1.807, 2.05) is 48.5 Å². The predicted molar refractivity (Wildman–Crippen MR) is 121 cm³/mol. The third-order valence-electron chi connectivity index (χ3n) is 5.31. The first-order valence-corrected chi connectivity index (χ1v) is 10.8. The lowest BCUT2D eigenvalue weighted by Crippen LogP contribution is -2.50. The molecule has 1 aliphatic rings. The summed E-state index contributed by atoms with van der Waals surface area (Å²) in [5.74, 6) is -0.0147. The summed E-state index contributed by atoms with van der Waals surface area (Å²) in [6.07, 6.45) is 0.883. The highest BCUT2D eigenvalue weighted by molar-refractivity contribution is 6.31. The number of halogens is 1. The number of anilines is 1. The normalized spacial score (nSPS) is 15.0. The molecule has 0 bridgehead atoms. The minimum Gasteiger partial charge on any atom is -0.351 e. The second-order valence-electron chi connectivity index (χ2n) is 7.48. The van der Waals surface area contributed by atoms with Gasteiger partial charge in [0.1, 0.15) is 0 Å². The molecule has 0 unspecified atom stereocenters. The minimum absolute atomic E-state index is 0.00170. The van der Waals surface area contributed by atoms with Gasteiger partial charge in [-0.2, -0.15) is 0 Å². The molecule has 6 nitrogen and oxygen atoms in total. The molecule has 2 aromatic rings. The van der Waals surface area contributed by atoms with Gasteiger partial charge in [-0.1, -0.05) is 54.9 Å². The molecule has 7 heteroatoms. The van der Waals surface area contributed by atoms with Crippen molar-refractivity contribution in [2.24, 2.45) is 0 Å². The standard InChI is InChI=1S/C23H29ClN4O2/c1-2-18-7-4-6-10-21(18)26-23(30)17-28-13-11-27(12-14-28)16-22(29)25-15-19-8-3-5-9-20(19)24/h3-10H,2,11-17H2,1H3,(H,25,29)(H,26,30). The first-order valence-electron chi connectivity index (χ1n) is 10.4. The van der Waals surface area contributed by atoms with Gasteiger partial charge in [0.2, 0.25) is 11.8 Å². The molecule has 0 aliphatic carbocycles. The summed E-state index contributed by atoms with van der Waals surface area (Å²) in [5, 5.41) is 6.60. The second kappa shape index (κ2) is 11.1. The average molecular weight is 429 g/mol. The predicted octanol–water partition coefficient (Wildman–Crippen LogP) is 2.77. The number of benzene rings is 2. The van der Waals surface area contributed by atoms with Crippen LogP contribution in [0, 0.1) is 0 Å². The van der Waals surface area contributed by atoms with Gasteiger partial charge in [0.05, 0.1) is 13.1 Å². The highest BCUT2D eigenvalue weighted by atomic mass is 35.5. The van der Waals surface area contributed by atoms with Gasteiger partial charge >= 0.3 is 0 Å². The molecule has 0 spiro atoms. The van der Waals surface area contributed by atoms with Crippen molar-refractivity contribution in [1.82, 2.24) is 15.1 Å². The van der Waals surface area contributed by atoms with Crippen molar-refractivity contribution in [3.8, 4) is 0 Å². The minimum atomic E-state index is -0.0164. The van der Waals surface area contributed by atoms with Gasteiger partial charge in [-0.3, -0.25) is 19.4 Å².